The Morgan fingerprint density at radius 1 is 0.745 bits per heavy atom. The fourth-order valence-corrected chi connectivity index (χ4v) is 7.70. The van der Waals surface area contributed by atoms with E-state index in [9.17, 15) is 14.4 Å². The van der Waals surface area contributed by atoms with Crippen molar-refractivity contribution >= 4 is 75.0 Å². The zero-order chi connectivity index (χ0) is 39.2. The number of nitrogens with zero attached hydrogens (tertiary/aromatic N) is 10. The van der Waals surface area contributed by atoms with Crippen LogP contribution in [0.25, 0.3) is 33.7 Å². The molecule has 18 heteroatoms. The van der Waals surface area contributed by atoms with Crippen molar-refractivity contribution < 1.29 is 9.32 Å². The summed E-state index contributed by atoms with van der Waals surface area (Å²) in [6.07, 6.45) is 3.25. The highest BCUT2D eigenvalue weighted by atomic mass is 35.5. The van der Waals surface area contributed by atoms with Crippen LogP contribution in [0.15, 0.2) is 91.7 Å². The molecule has 7 rings (SSSR count). The Morgan fingerprint density at radius 3 is 1.64 bits per heavy atom. The Balaban J connectivity index is 0.000000187. The van der Waals surface area contributed by atoms with Crippen LogP contribution in [0.1, 0.15) is 39.1 Å². The van der Waals surface area contributed by atoms with Gasteiger partial charge in [0, 0.05) is 48.0 Å². The zero-order valence-electron chi connectivity index (χ0n) is 30.8. The first-order valence-electron chi connectivity index (χ1n) is 17.5. The Bertz CT molecular complexity index is 2560. The number of imidazole rings is 2. The SMILES string of the molecule is CCN(CC)C(=O)CSc1nc2c(ncn2CC)c(=O)n1-c1ccc(Cl)cc1.CCn1cnc2c(=O)n(-c3ccc(Cl)cc3)c(SCc3cc(C)on3)nc21. The smallest absolute Gasteiger partial charge is 0.286 e. The lowest BCUT2D eigenvalue weighted by Gasteiger charge is -2.18. The normalized spacial score (nSPS) is 11.3. The summed E-state index contributed by atoms with van der Waals surface area (Å²) < 4.78 is 11.8. The van der Waals surface area contributed by atoms with Crippen LogP contribution in [0.4, 0.5) is 0 Å². The highest BCUT2D eigenvalue weighted by Crippen LogP contribution is 2.26. The van der Waals surface area contributed by atoms with Crippen molar-refractivity contribution in [2.75, 3.05) is 18.8 Å². The van der Waals surface area contributed by atoms with Crippen molar-refractivity contribution in [3.05, 3.63) is 109 Å². The van der Waals surface area contributed by atoms with Gasteiger partial charge in [-0.2, -0.15) is 0 Å². The third-order valence-electron chi connectivity index (χ3n) is 8.53. The Kier molecular flexibility index (Phi) is 12.8. The van der Waals surface area contributed by atoms with E-state index in [1.807, 2.05) is 49.8 Å². The number of halogens is 2. The van der Waals surface area contributed by atoms with Gasteiger partial charge in [0.2, 0.25) is 5.91 Å². The standard InChI is InChI=1S/C19H22ClN5O2S.C18H16ClN5O2S/c1-4-23(5-2)15(26)11-28-19-22-17-16(21-12-24(17)6-3)18(27)25(19)14-9-7-13(20)8-10-14;1-3-23-10-20-15-16(23)21-18(27-9-13-8-11(2)26-22-13)24(17(15)25)14-6-4-12(19)5-7-14/h7-10,12H,4-6,11H2,1-3H3;4-8,10H,3,9H2,1-2H3. The van der Waals surface area contributed by atoms with Crippen LogP contribution in [0.5, 0.6) is 0 Å². The van der Waals surface area contributed by atoms with E-state index in [4.69, 9.17) is 32.7 Å². The van der Waals surface area contributed by atoms with Crippen molar-refractivity contribution in [1.29, 1.82) is 0 Å². The van der Waals surface area contributed by atoms with Crippen LogP contribution < -0.4 is 11.1 Å². The molecule has 0 fully saturated rings. The number of benzene rings is 2. The molecule has 2 aromatic carbocycles. The number of hydrogen-bond acceptors (Lipinski definition) is 11. The fraction of sp³-hybridized carbons (Fsp3) is 0.297. The van der Waals surface area contributed by atoms with E-state index >= 15 is 0 Å². The van der Waals surface area contributed by atoms with E-state index in [0.29, 0.717) is 86.0 Å². The lowest BCUT2D eigenvalue weighted by Crippen LogP contribution is -2.32. The van der Waals surface area contributed by atoms with Crippen LogP contribution in [-0.2, 0) is 23.6 Å². The molecule has 0 saturated carbocycles. The number of hydrogen-bond donors (Lipinski definition) is 0. The number of fused-ring (bicyclic) bond motifs is 2. The van der Waals surface area contributed by atoms with Gasteiger partial charge in [0.05, 0.1) is 35.5 Å². The van der Waals surface area contributed by atoms with Crippen molar-refractivity contribution in [2.45, 2.75) is 63.8 Å². The van der Waals surface area contributed by atoms with Crippen molar-refractivity contribution in [2.24, 2.45) is 0 Å². The molecule has 0 radical (unpaired) electrons. The van der Waals surface area contributed by atoms with Gasteiger partial charge < -0.3 is 18.6 Å². The minimum absolute atomic E-state index is 0.0102. The highest BCUT2D eigenvalue weighted by Gasteiger charge is 2.20. The summed E-state index contributed by atoms with van der Waals surface area (Å²) in [6, 6.07) is 15.9. The quantitative estimate of drug-likeness (QED) is 0.0921. The van der Waals surface area contributed by atoms with E-state index in [0.717, 1.165) is 11.5 Å². The monoisotopic (exact) mass is 820 g/mol. The third-order valence-corrected chi connectivity index (χ3v) is 10.9. The maximum atomic E-state index is 13.2. The Labute approximate surface area is 334 Å². The van der Waals surface area contributed by atoms with E-state index < -0.39 is 0 Å². The second-order valence-electron chi connectivity index (χ2n) is 12.0. The maximum absolute atomic E-state index is 13.2. The summed E-state index contributed by atoms with van der Waals surface area (Å²) in [6.45, 7) is 12.3. The van der Waals surface area contributed by atoms with Gasteiger partial charge in [-0.1, -0.05) is 51.9 Å². The largest absolute Gasteiger partial charge is 0.361 e. The lowest BCUT2D eigenvalue weighted by atomic mass is 10.3. The minimum Gasteiger partial charge on any atom is -0.361 e. The summed E-state index contributed by atoms with van der Waals surface area (Å²) in [5.41, 5.74) is 3.37. The summed E-state index contributed by atoms with van der Waals surface area (Å²) >= 11 is 14.7. The number of aryl methyl sites for hydroxylation is 3. The molecule has 14 nitrogen and oxygen atoms in total. The van der Waals surface area contributed by atoms with E-state index in [2.05, 4.69) is 20.1 Å². The zero-order valence-corrected chi connectivity index (χ0v) is 33.9. The molecule has 55 heavy (non-hydrogen) atoms. The molecule has 0 spiro atoms. The third kappa shape index (κ3) is 8.67. The van der Waals surface area contributed by atoms with Crippen molar-refractivity contribution in [3.8, 4) is 11.4 Å². The van der Waals surface area contributed by atoms with Crippen molar-refractivity contribution in [1.82, 2.24) is 48.3 Å². The molecule has 286 valence electrons. The minimum atomic E-state index is -0.266. The van der Waals surface area contributed by atoms with Crippen LogP contribution in [-0.4, -0.2) is 73.0 Å². The van der Waals surface area contributed by atoms with E-state index in [1.165, 1.54) is 28.1 Å². The lowest BCUT2D eigenvalue weighted by molar-refractivity contribution is -0.127. The molecule has 0 atom stereocenters. The van der Waals surface area contributed by atoms with E-state index in [-0.39, 0.29) is 22.8 Å². The number of rotatable bonds is 12. The molecule has 1 amide bonds. The number of amides is 1. The van der Waals surface area contributed by atoms with Gasteiger partial charge in [-0.05, 0) is 83.1 Å². The molecule has 7 aromatic rings. The average Bonchev–Trinajstić information content (AvgIpc) is 3.93. The predicted molar refractivity (Wildman–Crippen MR) is 217 cm³/mol. The molecule has 0 aliphatic heterocycles. The fourth-order valence-electron chi connectivity index (χ4n) is 5.67. The predicted octanol–water partition coefficient (Wildman–Crippen LogP) is 7.06. The number of carbonyl (C=O) groups is 1. The summed E-state index contributed by atoms with van der Waals surface area (Å²) in [5.74, 6) is 1.49. The first-order valence-corrected chi connectivity index (χ1v) is 20.2. The second kappa shape index (κ2) is 17.7. The second-order valence-corrected chi connectivity index (χ2v) is 14.8. The summed E-state index contributed by atoms with van der Waals surface area (Å²) in [4.78, 5) is 58.4. The molecule has 0 unspecified atom stereocenters. The summed E-state index contributed by atoms with van der Waals surface area (Å²) in [7, 11) is 0. The van der Waals surface area contributed by atoms with Crippen LogP contribution in [0.2, 0.25) is 10.0 Å². The average molecular weight is 822 g/mol. The summed E-state index contributed by atoms with van der Waals surface area (Å²) in [5, 5.41) is 6.20. The highest BCUT2D eigenvalue weighted by molar-refractivity contribution is 7.99. The molecular formula is C37H38Cl2N10O4S2. The molecule has 0 aliphatic carbocycles. The molecule has 5 aromatic heterocycles. The van der Waals surface area contributed by atoms with E-state index in [1.54, 1.807) is 70.7 Å². The van der Waals surface area contributed by atoms with Crippen LogP contribution in [0, 0.1) is 6.92 Å². The van der Waals surface area contributed by atoms with Gasteiger partial charge >= 0.3 is 0 Å². The number of aromatic nitrogens is 9. The number of carbonyl (C=O) groups excluding carboxylic acids is 1. The van der Waals surface area contributed by atoms with Gasteiger partial charge in [0.1, 0.15) is 5.76 Å². The number of thioether (sulfide) groups is 2. The van der Waals surface area contributed by atoms with Crippen molar-refractivity contribution in [3.63, 3.8) is 0 Å². The van der Waals surface area contributed by atoms with Gasteiger partial charge in [-0.15, -0.1) is 0 Å². The molecule has 0 N–H and O–H groups in total. The Morgan fingerprint density at radius 2 is 1.22 bits per heavy atom. The first-order chi connectivity index (χ1) is 26.6. The molecule has 0 aliphatic rings. The van der Waals surface area contributed by atoms with Gasteiger partial charge in [0.15, 0.2) is 32.6 Å². The van der Waals surface area contributed by atoms with Crippen LogP contribution in [0.3, 0.4) is 0 Å². The molecule has 5 heterocycles. The van der Waals surface area contributed by atoms with Gasteiger partial charge in [-0.25, -0.2) is 19.9 Å². The molecule has 0 saturated heterocycles. The van der Waals surface area contributed by atoms with Crippen LogP contribution >= 0.6 is 46.7 Å². The molecular weight excluding hydrogens is 784 g/mol. The Hall–Kier alpha value is -4.90. The first kappa shape index (κ1) is 39.8. The topological polar surface area (TPSA) is 152 Å². The maximum Gasteiger partial charge on any atom is 0.286 e. The van der Waals surface area contributed by atoms with Gasteiger partial charge in [0.25, 0.3) is 11.1 Å². The molecule has 0 bridgehead atoms. The van der Waals surface area contributed by atoms with Gasteiger partial charge in [-0.3, -0.25) is 23.5 Å².